The maximum Gasteiger partial charge on any atom is 0.304 e. The molecule has 0 unspecified atom stereocenters. The lowest BCUT2D eigenvalue weighted by Crippen LogP contribution is -1.94. The zero-order valence-corrected chi connectivity index (χ0v) is 7.70. The number of nitrogens with one attached hydrogen (secondary N) is 1. The Morgan fingerprint density at radius 2 is 2.07 bits per heavy atom. The molecule has 0 atom stereocenters. The minimum atomic E-state index is -0.681. The molecule has 0 radical (unpaired) electrons. The van der Waals surface area contributed by atoms with Crippen molar-refractivity contribution < 1.29 is 8.78 Å². The Kier molecular flexibility index (Phi) is 2.17. The Hall–Kier alpha value is -1.49. The van der Waals surface area contributed by atoms with Crippen LogP contribution in [0.1, 0.15) is 0 Å². The van der Waals surface area contributed by atoms with Crippen LogP contribution in [-0.2, 0) is 0 Å². The van der Waals surface area contributed by atoms with Gasteiger partial charge in [-0.25, -0.2) is 8.78 Å². The zero-order valence-electron chi connectivity index (χ0n) is 6.88. The van der Waals surface area contributed by atoms with Crippen molar-refractivity contribution in [2.24, 2.45) is 0 Å². The van der Waals surface area contributed by atoms with E-state index in [-0.39, 0.29) is 10.4 Å². The van der Waals surface area contributed by atoms with Crippen LogP contribution in [0.3, 0.4) is 0 Å². The van der Waals surface area contributed by atoms with E-state index >= 15 is 0 Å². The molecule has 5 heteroatoms. The lowest BCUT2D eigenvalue weighted by atomic mass is 10.1. The Bertz CT molecular complexity index is 518. The van der Waals surface area contributed by atoms with E-state index in [2.05, 4.69) is 4.98 Å². The van der Waals surface area contributed by atoms with Crippen molar-refractivity contribution >= 4 is 11.3 Å². The number of benzene rings is 1. The van der Waals surface area contributed by atoms with E-state index in [0.29, 0.717) is 5.69 Å². The van der Waals surface area contributed by atoms with Crippen LogP contribution in [0.15, 0.2) is 28.4 Å². The number of aromatic nitrogens is 1. The van der Waals surface area contributed by atoms with Gasteiger partial charge in [0, 0.05) is 17.0 Å². The minimum absolute atomic E-state index is 0.199. The maximum atomic E-state index is 13.2. The van der Waals surface area contributed by atoms with Crippen molar-refractivity contribution in [3.05, 3.63) is 44.9 Å². The first-order valence-electron chi connectivity index (χ1n) is 3.80. The molecule has 1 aromatic heterocycles. The number of halogens is 2. The van der Waals surface area contributed by atoms with Gasteiger partial charge in [0.05, 0.1) is 5.69 Å². The second-order valence-electron chi connectivity index (χ2n) is 2.69. The highest BCUT2D eigenvalue weighted by molar-refractivity contribution is 7.07. The first-order chi connectivity index (χ1) is 6.66. The fourth-order valence-electron chi connectivity index (χ4n) is 1.12. The third-order valence-corrected chi connectivity index (χ3v) is 2.41. The van der Waals surface area contributed by atoms with Gasteiger partial charge in [-0.3, -0.25) is 4.79 Å². The summed E-state index contributed by atoms with van der Waals surface area (Å²) in [6, 6.07) is 3.22. The molecule has 1 aromatic carbocycles. The Morgan fingerprint density at radius 1 is 1.29 bits per heavy atom. The highest BCUT2D eigenvalue weighted by Crippen LogP contribution is 2.21. The van der Waals surface area contributed by atoms with E-state index in [0.717, 1.165) is 23.5 Å². The monoisotopic (exact) mass is 213 g/mol. The van der Waals surface area contributed by atoms with Gasteiger partial charge in [0.15, 0.2) is 0 Å². The third kappa shape index (κ3) is 1.58. The molecule has 0 bridgehead atoms. The number of H-pyrrole nitrogens is 1. The van der Waals surface area contributed by atoms with Gasteiger partial charge in [0.1, 0.15) is 11.6 Å². The van der Waals surface area contributed by atoms with Gasteiger partial charge >= 0.3 is 4.87 Å². The molecule has 0 aliphatic carbocycles. The van der Waals surface area contributed by atoms with Crippen LogP contribution in [-0.4, -0.2) is 4.98 Å². The molecular formula is C9H5F2NOS. The van der Waals surface area contributed by atoms with E-state index in [9.17, 15) is 13.6 Å². The molecule has 0 fully saturated rings. The van der Waals surface area contributed by atoms with Crippen LogP contribution in [0.4, 0.5) is 8.78 Å². The molecule has 0 saturated carbocycles. The molecule has 2 rings (SSSR count). The maximum absolute atomic E-state index is 13.2. The normalized spacial score (nSPS) is 10.4. The third-order valence-electron chi connectivity index (χ3n) is 1.74. The van der Waals surface area contributed by atoms with Gasteiger partial charge in [-0.1, -0.05) is 11.3 Å². The van der Waals surface area contributed by atoms with Crippen molar-refractivity contribution in [3.63, 3.8) is 0 Å². The number of hydrogen-bond acceptors (Lipinski definition) is 2. The Morgan fingerprint density at radius 3 is 2.64 bits per heavy atom. The summed E-state index contributed by atoms with van der Waals surface area (Å²) in [6.07, 6.45) is 0. The van der Waals surface area contributed by atoms with E-state index in [1.165, 1.54) is 11.4 Å². The van der Waals surface area contributed by atoms with Crippen LogP contribution < -0.4 is 4.87 Å². The number of rotatable bonds is 1. The smallest absolute Gasteiger partial charge is 0.304 e. The number of aromatic amines is 1. The highest BCUT2D eigenvalue weighted by atomic mass is 32.1. The predicted molar refractivity (Wildman–Crippen MR) is 50.3 cm³/mol. The van der Waals surface area contributed by atoms with E-state index in [1.54, 1.807) is 0 Å². The molecule has 1 N–H and O–H groups in total. The molecule has 0 aliphatic heterocycles. The molecule has 2 aromatic rings. The van der Waals surface area contributed by atoms with E-state index in [1.807, 2.05) is 0 Å². The van der Waals surface area contributed by atoms with Gasteiger partial charge in [-0.15, -0.1) is 0 Å². The minimum Gasteiger partial charge on any atom is -0.312 e. The summed E-state index contributed by atoms with van der Waals surface area (Å²) in [6.45, 7) is 0. The van der Waals surface area contributed by atoms with E-state index < -0.39 is 11.6 Å². The van der Waals surface area contributed by atoms with Gasteiger partial charge in [0.25, 0.3) is 0 Å². The molecule has 1 heterocycles. The molecular weight excluding hydrogens is 208 g/mol. The lowest BCUT2D eigenvalue weighted by molar-refractivity contribution is 0.585. The number of thiazole rings is 1. The highest BCUT2D eigenvalue weighted by Gasteiger charge is 2.07. The summed E-state index contributed by atoms with van der Waals surface area (Å²) < 4.78 is 25.7. The SMILES string of the molecule is O=c1[nH]c(-c2ccc(F)cc2F)cs1. The largest absolute Gasteiger partial charge is 0.312 e. The quantitative estimate of drug-likeness (QED) is 0.775. The summed E-state index contributed by atoms with van der Waals surface area (Å²) in [5, 5.41) is 1.50. The molecule has 0 amide bonds. The number of hydrogen-bond donors (Lipinski definition) is 1. The summed E-state index contributed by atoms with van der Waals surface area (Å²) in [4.78, 5) is 13.0. The van der Waals surface area contributed by atoms with Crippen molar-refractivity contribution in [2.45, 2.75) is 0 Å². The molecule has 0 saturated heterocycles. The van der Waals surface area contributed by atoms with Crippen molar-refractivity contribution in [1.82, 2.24) is 4.98 Å². The zero-order chi connectivity index (χ0) is 10.1. The summed E-state index contributed by atoms with van der Waals surface area (Å²) in [7, 11) is 0. The first-order valence-corrected chi connectivity index (χ1v) is 4.68. The molecule has 2 nitrogen and oxygen atoms in total. The summed E-state index contributed by atoms with van der Waals surface area (Å²) >= 11 is 0.941. The standard InChI is InChI=1S/C9H5F2NOS/c10-5-1-2-6(7(11)3-5)8-4-14-9(13)12-8/h1-4H,(H,12,13). The molecule has 14 heavy (non-hydrogen) atoms. The fourth-order valence-corrected chi connectivity index (χ4v) is 1.70. The van der Waals surface area contributed by atoms with E-state index in [4.69, 9.17) is 0 Å². The van der Waals surface area contributed by atoms with Gasteiger partial charge < -0.3 is 4.98 Å². The fraction of sp³-hybridized carbons (Fsp3) is 0. The molecule has 0 spiro atoms. The molecule has 0 aliphatic rings. The van der Waals surface area contributed by atoms with Crippen LogP contribution in [0, 0.1) is 11.6 Å². The summed E-state index contributed by atoms with van der Waals surface area (Å²) in [5.74, 6) is -1.32. The van der Waals surface area contributed by atoms with Gasteiger partial charge in [0.2, 0.25) is 0 Å². The molecule has 72 valence electrons. The first kappa shape index (κ1) is 9.08. The lowest BCUT2D eigenvalue weighted by Gasteiger charge is -1.98. The van der Waals surface area contributed by atoms with Crippen LogP contribution >= 0.6 is 11.3 Å². The Balaban J connectivity index is 2.57. The summed E-state index contributed by atoms with van der Waals surface area (Å²) in [5.41, 5.74) is 0.572. The van der Waals surface area contributed by atoms with Gasteiger partial charge in [-0.2, -0.15) is 0 Å². The average molecular weight is 213 g/mol. The topological polar surface area (TPSA) is 32.9 Å². The Labute approximate surface area is 81.8 Å². The van der Waals surface area contributed by atoms with Crippen molar-refractivity contribution in [2.75, 3.05) is 0 Å². The second kappa shape index (κ2) is 3.34. The average Bonchev–Trinajstić information content (AvgIpc) is 2.51. The van der Waals surface area contributed by atoms with Crippen LogP contribution in [0.5, 0.6) is 0 Å². The second-order valence-corrected chi connectivity index (χ2v) is 3.53. The van der Waals surface area contributed by atoms with Crippen molar-refractivity contribution in [3.8, 4) is 11.3 Å². The van der Waals surface area contributed by atoms with Crippen LogP contribution in [0.2, 0.25) is 0 Å². The van der Waals surface area contributed by atoms with Crippen molar-refractivity contribution in [1.29, 1.82) is 0 Å². The predicted octanol–water partition coefficient (Wildman–Crippen LogP) is 2.38. The van der Waals surface area contributed by atoms with Crippen LogP contribution in [0.25, 0.3) is 11.3 Å². The van der Waals surface area contributed by atoms with Gasteiger partial charge in [-0.05, 0) is 12.1 Å².